The first kappa shape index (κ1) is 16.7. The van der Waals surface area contributed by atoms with Crippen LogP contribution in [0.25, 0.3) is 0 Å². The van der Waals surface area contributed by atoms with Crippen LogP contribution in [0.4, 0.5) is 0 Å². The Morgan fingerprint density at radius 3 is 2.67 bits per heavy atom. The second-order valence-electron chi connectivity index (χ2n) is 6.28. The minimum absolute atomic E-state index is 0.442. The zero-order valence-electron chi connectivity index (χ0n) is 13.4. The Morgan fingerprint density at radius 2 is 2.00 bits per heavy atom. The second-order valence-corrected chi connectivity index (χ2v) is 7.78. The molecule has 1 aliphatic carbocycles. The van der Waals surface area contributed by atoms with E-state index in [9.17, 15) is 4.21 Å². The molecule has 0 heterocycles. The van der Waals surface area contributed by atoms with Crippen LogP contribution < -0.4 is 5.32 Å². The van der Waals surface area contributed by atoms with Crippen LogP contribution >= 0.6 is 0 Å². The molecule has 3 heteroatoms. The van der Waals surface area contributed by atoms with E-state index in [1.165, 1.54) is 36.8 Å². The number of hydrogen-bond donors (Lipinski definition) is 1. The van der Waals surface area contributed by atoms with Crippen LogP contribution in [0.2, 0.25) is 0 Å². The Labute approximate surface area is 132 Å². The van der Waals surface area contributed by atoms with Gasteiger partial charge in [-0.05, 0) is 49.8 Å². The maximum absolute atomic E-state index is 12.6. The highest BCUT2D eigenvalue weighted by Crippen LogP contribution is 2.28. The largest absolute Gasteiger partial charge is 0.313 e. The lowest BCUT2D eigenvalue weighted by Crippen LogP contribution is -2.40. The lowest BCUT2D eigenvalue weighted by molar-refractivity contribution is 0.385. The third-order valence-electron chi connectivity index (χ3n) is 4.57. The van der Waals surface area contributed by atoms with Crippen LogP contribution in [0.1, 0.15) is 50.2 Å². The summed E-state index contributed by atoms with van der Waals surface area (Å²) in [6, 6.07) is 8.75. The summed E-state index contributed by atoms with van der Waals surface area (Å²) in [4.78, 5) is 0. The SMILES string of the molecule is CCCNC(CS(=O)Cc1ccccc1C)C1CCCC1. The lowest BCUT2D eigenvalue weighted by Gasteiger charge is -2.24. The number of aryl methyl sites for hydroxylation is 1. The van der Waals surface area contributed by atoms with Crippen LogP contribution in [-0.4, -0.2) is 22.5 Å². The van der Waals surface area contributed by atoms with Gasteiger partial charge in [-0.25, -0.2) is 0 Å². The minimum Gasteiger partial charge on any atom is -0.313 e. The monoisotopic (exact) mass is 307 g/mol. The van der Waals surface area contributed by atoms with Crippen molar-refractivity contribution < 1.29 is 4.21 Å². The highest BCUT2D eigenvalue weighted by atomic mass is 32.2. The van der Waals surface area contributed by atoms with Crippen LogP contribution in [0.3, 0.4) is 0 Å². The normalized spacial score (nSPS) is 18.8. The van der Waals surface area contributed by atoms with E-state index >= 15 is 0 Å². The van der Waals surface area contributed by atoms with Gasteiger partial charge in [-0.1, -0.05) is 44.0 Å². The molecule has 0 aliphatic heterocycles. The zero-order valence-corrected chi connectivity index (χ0v) is 14.3. The lowest BCUT2D eigenvalue weighted by atomic mass is 10.00. The summed E-state index contributed by atoms with van der Waals surface area (Å²) in [5.41, 5.74) is 2.49. The molecule has 0 saturated heterocycles. The molecule has 0 amide bonds. The van der Waals surface area contributed by atoms with E-state index in [0.29, 0.717) is 11.8 Å². The summed E-state index contributed by atoms with van der Waals surface area (Å²) in [7, 11) is -0.773. The van der Waals surface area contributed by atoms with Gasteiger partial charge in [-0.15, -0.1) is 0 Å². The van der Waals surface area contributed by atoms with Gasteiger partial charge in [0.1, 0.15) is 0 Å². The molecule has 21 heavy (non-hydrogen) atoms. The van der Waals surface area contributed by atoms with Gasteiger partial charge in [-0.3, -0.25) is 4.21 Å². The fourth-order valence-electron chi connectivity index (χ4n) is 3.26. The Bertz CT molecular complexity index is 454. The van der Waals surface area contributed by atoms with Gasteiger partial charge in [0.05, 0.1) is 0 Å². The van der Waals surface area contributed by atoms with E-state index in [4.69, 9.17) is 0 Å². The molecule has 118 valence electrons. The van der Waals surface area contributed by atoms with Crippen LogP contribution in [0.5, 0.6) is 0 Å². The van der Waals surface area contributed by atoms with Crippen molar-refractivity contribution >= 4 is 10.8 Å². The van der Waals surface area contributed by atoms with Gasteiger partial charge in [0.25, 0.3) is 0 Å². The van der Waals surface area contributed by atoms with Crippen molar-refractivity contribution in [1.82, 2.24) is 5.32 Å². The number of hydrogen-bond acceptors (Lipinski definition) is 2. The predicted molar refractivity (Wildman–Crippen MR) is 91.9 cm³/mol. The topological polar surface area (TPSA) is 29.1 Å². The molecule has 0 spiro atoms. The highest BCUT2D eigenvalue weighted by molar-refractivity contribution is 7.84. The van der Waals surface area contributed by atoms with Crippen LogP contribution in [0.15, 0.2) is 24.3 Å². The summed E-state index contributed by atoms with van der Waals surface area (Å²) >= 11 is 0. The summed E-state index contributed by atoms with van der Waals surface area (Å²) in [6.45, 7) is 5.35. The van der Waals surface area contributed by atoms with Crippen LogP contribution in [-0.2, 0) is 16.6 Å². The number of rotatable bonds is 8. The summed E-state index contributed by atoms with van der Waals surface area (Å²) in [5, 5.41) is 3.65. The Kier molecular flexibility index (Phi) is 6.91. The van der Waals surface area contributed by atoms with E-state index in [1.807, 2.05) is 12.1 Å². The minimum atomic E-state index is -0.773. The molecule has 1 aliphatic rings. The van der Waals surface area contributed by atoms with Crippen molar-refractivity contribution in [3.63, 3.8) is 0 Å². The molecule has 1 N–H and O–H groups in total. The molecule has 2 nitrogen and oxygen atoms in total. The summed E-state index contributed by atoms with van der Waals surface area (Å²) in [6.07, 6.45) is 6.46. The first-order chi connectivity index (χ1) is 10.2. The molecule has 2 rings (SSSR count). The molecule has 0 aromatic heterocycles. The zero-order chi connectivity index (χ0) is 15.1. The van der Waals surface area contributed by atoms with Crippen molar-refractivity contribution in [2.24, 2.45) is 5.92 Å². The Morgan fingerprint density at radius 1 is 1.29 bits per heavy atom. The standard InChI is InChI=1S/C18H29NOS/c1-3-12-19-18(16-9-6-7-10-16)14-21(20)13-17-11-5-4-8-15(17)2/h4-5,8,11,16,18-19H,3,6-7,9-10,12-14H2,1-2H3. The van der Waals surface area contributed by atoms with Gasteiger partial charge in [0.2, 0.25) is 0 Å². The smallest absolute Gasteiger partial charge is 0.0488 e. The molecule has 1 aromatic rings. The first-order valence-electron chi connectivity index (χ1n) is 8.33. The maximum atomic E-state index is 12.6. The van der Waals surface area contributed by atoms with E-state index < -0.39 is 10.8 Å². The van der Waals surface area contributed by atoms with Gasteiger partial charge in [0, 0.05) is 28.3 Å². The fourth-order valence-corrected chi connectivity index (χ4v) is 4.84. The summed E-state index contributed by atoms with van der Waals surface area (Å²) < 4.78 is 12.6. The van der Waals surface area contributed by atoms with Gasteiger partial charge in [-0.2, -0.15) is 0 Å². The van der Waals surface area contributed by atoms with E-state index in [2.05, 4.69) is 31.3 Å². The highest BCUT2D eigenvalue weighted by Gasteiger charge is 2.26. The van der Waals surface area contributed by atoms with Crippen molar-refractivity contribution in [2.75, 3.05) is 12.3 Å². The molecule has 1 fully saturated rings. The number of nitrogens with one attached hydrogen (secondary N) is 1. The van der Waals surface area contributed by atoms with Gasteiger partial charge < -0.3 is 5.32 Å². The average molecular weight is 308 g/mol. The first-order valence-corrected chi connectivity index (χ1v) is 9.82. The maximum Gasteiger partial charge on any atom is 0.0488 e. The fraction of sp³-hybridized carbons (Fsp3) is 0.667. The third-order valence-corrected chi connectivity index (χ3v) is 5.93. The second kappa shape index (κ2) is 8.70. The van der Waals surface area contributed by atoms with E-state index in [1.54, 1.807) is 0 Å². The predicted octanol–water partition coefficient (Wildman–Crippen LogP) is 3.80. The summed E-state index contributed by atoms with van der Waals surface area (Å²) in [5.74, 6) is 2.24. The molecule has 1 saturated carbocycles. The van der Waals surface area contributed by atoms with E-state index in [0.717, 1.165) is 24.6 Å². The molecule has 0 radical (unpaired) electrons. The molecular formula is C18H29NOS. The average Bonchev–Trinajstić information content (AvgIpc) is 3.00. The molecule has 2 unspecified atom stereocenters. The third kappa shape index (κ3) is 5.23. The van der Waals surface area contributed by atoms with Crippen molar-refractivity contribution in [1.29, 1.82) is 0 Å². The van der Waals surface area contributed by atoms with E-state index in [-0.39, 0.29) is 0 Å². The van der Waals surface area contributed by atoms with Gasteiger partial charge >= 0.3 is 0 Å². The van der Waals surface area contributed by atoms with Crippen molar-refractivity contribution in [3.05, 3.63) is 35.4 Å². The Hall–Kier alpha value is -0.670. The van der Waals surface area contributed by atoms with Crippen LogP contribution in [0, 0.1) is 12.8 Å². The molecular weight excluding hydrogens is 278 g/mol. The van der Waals surface area contributed by atoms with Crippen molar-refractivity contribution in [2.45, 2.75) is 57.7 Å². The van der Waals surface area contributed by atoms with Gasteiger partial charge in [0.15, 0.2) is 0 Å². The van der Waals surface area contributed by atoms with Crippen molar-refractivity contribution in [3.8, 4) is 0 Å². The number of benzene rings is 1. The molecule has 1 aromatic carbocycles. The Balaban J connectivity index is 1.92. The molecule has 2 atom stereocenters. The molecule has 0 bridgehead atoms. The quantitative estimate of drug-likeness (QED) is 0.791.